The van der Waals surface area contributed by atoms with Crippen LogP contribution in [0.1, 0.15) is 12.1 Å². The maximum Gasteiger partial charge on any atom is 0.232 e. The molecule has 14 heavy (non-hydrogen) atoms. The van der Waals surface area contributed by atoms with E-state index in [2.05, 4.69) is 9.97 Å². The summed E-state index contributed by atoms with van der Waals surface area (Å²) < 4.78 is 0. The molecule has 2 rings (SSSR count). The molecule has 1 N–H and O–H groups in total. The van der Waals surface area contributed by atoms with Crippen molar-refractivity contribution in [2.24, 2.45) is 0 Å². The average Bonchev–Trinajstić information content (AvgIpc) is 2.45. The van der Waals surface area contributed by atoms with Crippen molar-refractivity contribution in [3.05, 3.63) is 18.0 Å². The molecule has 1 unspecified atom stereocenters. The topological polar surface area (TPSA) is 66.3 Å². The van der Waals surface area contributed by atoms with E-state index in [0.717, 1.165) is 5.69 Å². The lowest BCUT2D eigenvalue weighted by molar-refractivity contribution is -0.117. The number of hydrogen-bond donors (Lipinski definition) is 1. The third-order valence-electron chi connectivity index (χ3n) is 2.13. The lowest BCUT2D eigenvalue weighted by Crippen LogP contribution is -2.27. The molecule has 0 aromatic carbocycles. The van der Waals surface area contributed by atoms with E-state index in [4.69, 9.17) is 0 Å². The van der Waals surface area contributed by atoms with E-state index >= 15 is 0 Å². The van der Waals surface area contributed by atoms with Gasteiger partial charge in [0, 0.05) is 11.9 Å². The fraction of sp³-hybridized carbons (Fsp3) is 0.444. The van der Waals surface area contributed by atoms with Crippen molar-refractivity contribution < 1.29 is 9.90 Å². The van der Waals surface area contributed by atoms with Crippen molar-refractivity contribution in [3.8, 4) is 0 Å². The fourth-order valence-electron chi connectivity index (χ4n) is 1.45. The maximum absolute atomic E-state index is 11.4. The summed E-state index contributed by atoms with van der Waals surface area (Å²) in [5, 5.41) is 9.28. The van der Waals surface area contributed by atoms with E-state index < -0.39 is 6.10 Å². The molecule has 1 fully saturated rings. The first-order valence-corrected chi connectivity index (χ1v) is 4.45. The number of aliphatic hydroxyl groups excluding tert-OH is 1. The summed E-state index contributed by atoms with van der Waals surface area (Å²) >= 11 is 0. The van der Waals surface area contributed by atoms with Crippen molar-refractivity contribution in [1.82, 2.24) is 9.97 Å². The van der Waals surface area contributed by atoms with Crippen LogP contribution in [-0.4, -0.2) is 33.6 Å². The Kier molecular flexibility index (Phi) is 2.17. The van der Waals surface area contributed by atoms with Gasteiger partial charge in [0.15, 0.2) is 0 Å². The molecular weight excluding hydrogens is 182 g/mol. The van der Waals surface area contributed by atoms with Gasteiger partial charge in [-0.3, -0.25) is 9.69 Å². The Morgan fingerprint density at radius 1 is 1.64 bits per heavy atom. The quantitative estimate of drug-likeness (QED) is 0.675. The second-order valence-corrected chi connectivity index (χ2v) is 3.36. The standard InChI is InChI=1S/C9H11N3O2/c1-6-2-3-10-9(11-6)12-5-7(13)4-8(12)14/h2-3,7,13H,4-5H2,1H3. The van der Waals surface area contributed by atoms with E-state index in [9.17, 15) is 9.90 Å². The minimum absolute atomic E-state index is 0.122. The number of nitrogens with zero attached hydrogens (tertiary/aromatic N) is 3. The molecule has 0 aliphatic carbocycles. The van der Waals surface area contributed by atoms with Gasteiger partial charge in [-0.2, -0.15) is 0 Å². The molecule has 1 saturated heterocycles. The lowest BCUT2D eigenvalue weighted by atomic mass is 10.3. The van der Waals surface area contributed by atoms with Crippen molar-refractivity contribution in [1.29, 1.82) is 0 Å². The molecule has 1 aliphatic rings. The van der Waals surface area contributed by atoms with Gasteiger partial charge in [0.05, 0.1) is 19.1 Å². The minimum atomic E-state index is -0.591. The molecule has 5 heteroatoms. The van der Waals surface area contributed by atoms with Crippen LogP contribution >= 0.6 is 0 Å². The van der Waals surface area contributed by atoms with Crippen molar-refractivity contribution in [2.45, 2.75) is 19.4 Å². The van der Waals surface area contributed by atoms with E-state index in [1.807, 2.05) is 6.92 Å². The maximum atomic E-state index is 11.4. The Labute approximate surface area is 81.4 Å². The monoisotopic (exact) mass is 193 g/mol. The Morgan fingerprint density at radius 2 is 2.43 bits per heavy atom. The summed E-state index contributed by atoms with van der Waals surface area (Å²) in [5.41, 5.74) is 0.809. The van der Waals surface area contributed by atoms with Crippen LogP contribution in [0, 0.1) is 6.92 Å². The lowest BCUT2D eigenvalue weighted by Gasteiger charge is -2.12. The summed E-state index contributed by atoms with van der Waals surface area (Å²) in [6.45, 7) is 2.13. The predicted molar refractivity (Wildman–Crippen MR) is 49.7 cm³/mol. The Morgan fingerprint density at radius 3 is 3.00 bits per heavy atom. The summed E-state index contributed by atoms with van der Waals surface area (Å²) in [6, 6.07) is 1.76. The molecule has 5 nitrogen and oxygen atoms in total. The van der Waals surface area contributed by atoms with Crippen LogP contribution in [0.3, 0.4) is 0 Å². The van der Waals surface area contributed by atoms with Gasteiger partial charge >= 0.3 is 0 Å². The summed E-state index contributed by atoms with van der Waals surface area (Å²) in [4.78, 5) is 20.9. The zero-order valence-electron chi connectivity index (χ0n) is 7.84. The summed E-state index contributed by atoms with van der Waals surface area (Å²) in [6.07, 6.45) is 1.18. The molecule has 0 bridgehead atoms. The third-order valence-corrected chi connectivity index (χ3v) is 2.13. The zero-order valence-corrected chi connectivity index (χ0v) is 7.84. The number of anilines is 1. The van der Waals surface area contributed by atoms with E-state index in [1.54, 1.807) is 12.3 Å². The van der Waals surface area contributed by atoms with Gasteiger partial charge in [-0.25, -0.2) is 9.97 Å². The summed E-state index contributed by atoms with van der Waals surface area (Å²) in [7, 11) is 0. The fourth-order valence-corrected chi connectivity index (χ4v) is 1.45. The van der Waals surface area contributed by atoms with Gasteiger partial charge in [-0.15, -0.1) is 0 Å². The van der Waals surface area contributed by atoms with Gasteiger partial charge in [-0.05, 0) is 13.0 Å². The largest absolute Gasteiger partial charge is 0.391 e. The normalized spacial score (nSPS) is 21.7. The van der Waals surface area contributed by atoms with Gasteiger partial charge in [0.1, 0.15) is 0 Å². The number of aromatic nitrogens is 2. The number of aryl methyl sites for hydroxylation is 1. The molecule has 2 heterocycles. The van der Waals surface area contributed by atoms with Crippen LogP contribution in [0.15, 0.2) is 12.3 Å². The third kappa shape index (κ3) is 1.58. The number of β-amino-alcohol motifs (C(OH)–C–C–N with tert-alkyl or cyclic N) is 1. The molecule has 1 aromatic rings. The van der Waals surface area contributed by atoms with Crippen molar-refractivity contribution >= 4 is 11.9 Å². The van der Waals surface area contributed by atoms with Crippen LogP contribution in [-0.2, 0) is 4.79 Å². The van der Waals surface area contributed by atoms with Gasteiger partial charge in [-0.1, -0.05) is 0 Å². The molecule has 0 saturated carbocycles. The van der Waals surface area contributed by atoms with Crippen LogP contribution in [0.2, 0.25) is 0 Å². The van der Waals surface area contributed by atoms with Gasteiger partial charge < -0.3 is 5.11 Å². The molecular formula is C9H11N3O2. The molecule has 0 spiro atoms. The Balaban J connectivity index is 2.27. The van der Waals surface area contributed by atoms with E-state index in [-0.39, 0.29) is 12.3 Å². The minimum Gasteiger partial charge on any atom is -0.391 e. The smallest absolute Gasteiger partial charge is 0.232 e. The van der Waals surface area contributed by atoms with Crippen molar-refractivity contribution in [2.75, 3.05) is 11.4 Å². The first-order valence-electron chi connectivity index (χ1n) is 4.45. The Bertz CT molecular complexity index is 367. The highest BCUT2D eigenvalue weighted by Gasteiger charge is 2.30. The van der Waals surface area contributed by atoms with E-state index in [1.165, 1.54) is 4.90 Å². The number of carbonyl (C=O) groups excluding carboxylic acids is 1. The van der Waals surface area contributed by atoms with Crippen LogP contribution in [0.4, 0.5) is 5.95 Å². The Hall–Kier alpha value is -1.49. The number of rotatable bonds is 1. The van der Waals surface area contributed by atoms with Crippen molar-refractivity contribution in [3.63, 3.8) is 0 Å². The van der Waals surface area contributed by atoms with Gasteiger partial charge in [0.2, 0.25) is 11.9 Å². The molecule has 0 radical (unpaired) electrons. The highest BCUT2D eigenvalue weighted by atomic mass is 16.3. The molecule has 74 valence electrons. The molecule has 1 aromatic heterocycles. The molecule has 1 aliphatic heterocycles. The number of hydrogen-bond acceptors (Lipinski definition) is 4. The second kappa shape index (κ2) is 3.34. The SMILES string of the molecule is Cc1ccnc(N2CC(O)CC2=O)n1. The highest BCUT2D eigenvalue weighted by Crippen LogP contribution is 2.16. The van der Waals surface area contributed by atoms with E-state index in [0.29, 0.717) is 12.5 Å². The second-order valence-electron chi connectivity index (χ2n) is 3.36. The number of amides is 1. The van der Waals surface area contributed by atoms with Gasteiger partial charge in [0.25, 0.3) is 0 Å². The first-order chi connectivity index (χ1) is 6.66. The van der Waals surface area contributed by atoms with Crippen LogP contribution in [0.25, 0.3) is 0 Å². The van der Waals surface area contributed by atoms with Crippen LogP contribution in [0.5, 0.6) is 0 Å². The number of aliphatic hydroxyl groups is 1. The van der Waals surface area contributed by atoms with Crippen LogP contribution < -0.4 is 4.90 Å². The number of carbonyl (C=O) groups is 1. The zero-order chi connectivity index (χ0) is 10.1. The first kappa shape index (κ1) is 9.08. The highest BCUT2D eigenvalue weighted by molar-refractivity contribution is 5.94. The average molecular weight is 193 g/mol. The summed E-state index contributed by atoms with van der Waals surface area (Å²) in [5.74, 6) is 0.259. The predicted octanol–water partition coefficient (Wildman–Crippen LogP) is -0.117. The molecule has 1 amide bonds. The molecule has 1 atom stereocenters.